The lowest BCUT2D eigenvalue weighted by Crippen LogP contribution is -2.19. The largest absolute Gasteiger partial charge is 0.489 e. The molecule has 3 heteroatoms. The van der Waals surface area contributed by atoms with Crippen LogP contribution in [0.1, 0.15) is 19.4 Å². The van der Waals surface area contributed by atoms with Crippen molar-refractivity contribution in [2.24, 2.45) is 0 Å². The number of ether oxygens (including phenoxy) is 1. The van der Waals surface area contributed by atoms with Gasteiger partial charge in [0.1, 0.15) is 6.61 Å². The smallest absolute Gasteiger partial charge is 0.151 e. The Morgan fingerprint density at radius 3 is 2.29 bits per heavy atom. The highest BCUT2D eigenvalue weighted by atomic mass is 16.5. The maximum Gasteiger partial charge on any atom is 0.151 e. The Kier molecular flexibility index (Phi) is 6.37. The second-order valence-corrected chi connectivity index (χ2v) is 7.00. The van der Waals surface area contributed by atoms with Gasteiger partial charge in [-0.05, 0) is 44.3 Å². The fourth-order valence-electron chi connectivity index (χ4n) is 3.46. The summed E-state index contributed by atoms with van der Waals surface area (Å²) in [6, 6.07) is 21.3. The quantitative estimate of drug-likeness (QED) is 0.446. The van der Waals surface area contributed by atoms with Crippen molar-refractivity contribution in [1.82, 2.24) is 9.88 Å². The topological polar surface area (TPSA) is 28.3 Å². The lowest BCUT2D eigenvalue weighted by atomic mass is 9.98. The minimum absolute atomic E-state index is 0.653. The lowest BCUT2D eigenvalue weighted by molar-refractivity contribution is 0.264. The molecule has 0 aliphatic rings. The molecule has 0 radical (unpaired) electrons. The van der Waals surface area contributed by atoms with Gasteiger partial charge in [-0.1, -0.05) is 62.4 Å². The van der Waals surface area contributed by atoms with Gasteiger partial charge in [-0.3, -0.25) is 0 Å². The highest BCUT2D eigenvalue weighted by molar-refractivity contribution is 6.11. The molecule has 1 N–H and O–H groups in total. The minimum atomic E-state index is 0.653. The van der Waals surface area contributed by atoms with Gasteiger partial charge < -0.3 is 14.6 Å². The average Bonchev–Trinajstić information content (AvgIpc) is 3.09. The van der Waals surface area contributed by atoms with Gasteiger partial charge in [-0.15, -0.1) is 0 Å². The van der Waals surface area contributed by atoms with Crippen LogP contribution >= 0.6 is 0 Å². The number of benzene rings is 3. The Morgan fingerprint density at radius 1 is 0.821 bits per heavy atom. The van der Waals surface area contributed by atoms with Crippen molar-refractivity contribution in [3.63, 3.8) is 0 Å². The molecule has 0 spiro atoms. The first-order chi connectivity index (χ1) is 13.6. The van der Waals surface area contributed by atoms with Crippen molar-refractivity contribution in [2.75, 3.05) is 27.2 Å². The highest BCUT2D eigenvalue weighted by Gasteiger charge is 2.16. The molecule has 3 nitrogen and oxygen atoms in total. The molecule has 1 aromatic heterocycles. The Labute approximate surface area is 167 Å². The number of hydrogen-bond acceptors (Lipinski definition) is 2. The maximum atomic E-state index is 6.33. The molecule has 0 amide bonds. The molecular formula is C25H30N2O. The van der Waals surface area contributed by atoms with Gasteiger partial charge in [0.15, 0.2) is 5.75 Å². The number of nitrogens with one attached hydrogen (secondary N) is 1. The van der Waals surface area contributed by atoms with E-state index in [4.69, 9.17) is 4.74 Å². The molecule has 0 aliphatic heterocycles. The van der Waals surface area contributed by atoms with Gasteiger partial charge in [0.2, 0.25) is 0 Å². The van der Waals surface area contributed by atoms with E-state index in [9.17, 15) is 0 Å². The summed E-state index contributed by atoms with van der Waals surface area (Å²) in [7, 11) is 4.13. The maximum absolute atomic E-state index is 6.33. The fourth-order valence-corrected chi connectivity index (χ4v) is 3.46. The van der Waals surface area contributed by atoms with Crippen LogP contribution in [0.25, 0.3) is 32.9 Å². The second kappa shape index (κ2) is 8.94. The van der Waals surface area contributed by atoms with E-state index in [1.165, 1.54) is 21.9 Å². The number of aromatic nitrogens is 1. The fraction of sp³-hybridized carbons (Fsp3) is 0.280. The Morgan fingerprint density at radius 2 is 1.54 bits per heavy atom. The van der Waals surface area contributed by atoms with Crippen LogP contribution in [0.5, 0.6) is 5.75 Å². The van der Waals surface area contributed by atoms with Crippen molar-refractivity contribution < 1.29 is 4.74 Å². The van der Waals surface area contributed by atoms with E-state index in [0.29, 0.717) is 6.61 Å². The van der Waals surface area contributed by atoms with Gasteiger partial charge in [0.05, 0.1) is 5.52 Å². The summed E-state index contributed by atoms with van der Waals surface area (Å²) < 4.78 is 6.33. The van der Waals surface area contributed by atoms with Gasteiger partial charge in [-0.2, -0.15) is 0 Å². The Balaban J connectivity index is 0.00000109. The molecule has 0 saturated carbocycles. The monoisotopic (exact) mass is 374 g/mol. The second-order valence-electron chi connectivity index (χ2n) is 7.00. The SMILES string of the molecule is CC.Cc1ccccc1-c1ccc2c([nH]c3ccccc32)c1OCCN(C)C. The standard InChI is InChI=1S/C23H24N2O.C2H6/c1-16-8-4-5-9-17(16)20-13-12-19-18-10-6-7-11-21(18)24-22(19)23(20)26-15-14-25(2)3;1-2/h4-13,24H,14-15H2,1-3H3;1-2H3. The number of aromatic amines is 1. The van der Waals surface area contributed by atoms with Crippen molar-refractivity contribution in [2.45, 2.75) is 20.8 Å². The number of para-hydroxylation sites is 1. The highest BCUT2D eigenvalue weighted by Crippen LogP contribution is 2.40. The molecule has 3 aromatic carbocycles. The van der Waals surface area contributed by atoms with Crippen LogP contribution in [0.15, 0.2) is 60.7 Å². The average molecular weight is 375 g/mol. The molecule has 4 rings (SSSR count). The Bertz CT molecular complexity index is 1060. The predicted molar refractivity (Wildman–Crippen MR) is 121 cm³/mol. The molecule has 146 valence electrons. The molecular weight excluding hydrogens is 344 g/mol. The molecule has 0 aliphatic carbocycles. The number of nitrogens with zero attached hydrogens (tertiary/aromatic N) is 1. The van der Waals surface area contributed by atoms with E-state index in [1.807, 2.05) is 13.8 Å². The van der Waals surface area contributed by atoms with Crippen molar-refractivity contribution in [3.8, 4) is 16.9 Å². The van der Waals surface area contributed by atoms with Crippen molar-refractivity contribution in [3.05, 3.63) is 66.2 Å². The van der Waals surface area contributed by atoms with Crippen LogP contribution in [-0.4, -0.2) is 37.1 Å². The first kappa shape index (κ1) is 20.0. The van der Waals surface area contributed by atoms with E-state index in [1.54, 1.807) is 0 Å². The van der Waals surface area contributed by atoms with Crippen LogP contribution in [0.2, 0.25) is 0 Å². The summed E-state index contributed by atoms with van der Waals surface area (Å²) in [5, 5.41) is 2.44. The van der Waals surface area contributed by atoms with E-state index in [0.717, 1.165) is 28.9 Å². The first-order valence-electron chi connectivity index (χ1n) is 10.0. The summed E-state index contributed by atoms with van der Waals surface area (Å²) in [6.45, 7) is 7.68. The summed E-state index contributed by atoms with van der Waals surface area (Å²) in [6.07, 6.45) is 0. The zero-order valence-corrected chi connectivity index (χ0v) is 17.5. The zero-order valence-electron chi connectivity index (χ0n) is 17.5. The van der Waals surface area contributed by atoms with E-state index < -0.39 is 0 Å². The van der Waals surface area contributed by atoms with Crippen LogP contribution < -0.4 is 4.74 Å². The Hall–Kier alpha value is -2.78. The minimum Gasteiger partial charge on any atom is -0.489 e. The number of rotatable bonds is 5. The van der Waals surface area contributed by atoms with Crippen molar-refractivity contribution in [1.29, 1.82) is 0 Å². The number of hydrogen-bond donors (Lipinski definition) is 1. The lowest BCUT2D eigenvalue weighted by Gasteiger charge is -2.16. The third kappa shape index (κ3) is 3.90. The molecule has 0 unspecified atom stereocenters. The van der Waals surface area contributed by atoms with Gasteiger partial charge >= 0.3 is 0 Å². The number of aryl methyl sites for hydroxylation is 1. The van der Waals surface area contributed by atoms with Crippen LogP contribution in [-0.2, 0) is 0 Å². The van der Waals surface area contributed by atoms with Crippen LogP contribution in [0.4, 0.5) is 0 Å². The molecule has 0 atom stereocenters. The molecule has 1 heterocycles. The molecule has 0 bridgehead atoms. The summed E-state index contributed by atoms with van der Waals surface area (Å²) >= 11 is 0. The summed E-state index contributed by atoms with van der Waals surface area (Å²) in [5.41, 5.74) is 5.82. The van der Waals surface area contributed by atoms with Crippen LogP contribution in [0.3, 0.4) is 0 Å². The number of likely N-dealkylation sites (N-methyl/N-ethyl adjacent to an activating group) is 1. The van der Waals surface area contributed by atoms with Crippen molar-refractivity contribution >= 4 is 21.8 Å². The normalized spacial score (nSPS) is 10.9. The van der Waals surface area contributed by atoms with E-state index in [-0.39, 0.29) is 0 Å². The van der Waals surface area contributed by atoms with Gasteiger partial charge in [0.25, 0.3) is 0 Å². The van der Waals surface area contributed by atoms with E-state index in [2.05, 4.69) is 91.6 Å². The first-order valence-corrected chi connectivity index (χ1v) is 10.0. The third-order valence-electron chi connectivity index (χ3n) is 4.85. The van der Waals surface area contributed by atoms with Crippen LogP contribution in [0, 0.1) is 6.92 Å². The zero-order chi connectivity index (χ0) is 20.1. The molecule has 28 heavy (non-hydrogen) atoms. The van der Waals surface area contributed by atoms with E-state index >= 15 is 0 Å². The number of H-pyrrole nitrogens is 1. The van der Waals surface area contributed by atoms with Gasteiger partial charge in [0, 0.05) is 28.4 Å². The summed E-state index contributed by atoms with van der Waals surface area (Å²) in [5.74, 6) is 0.940. The number of fused-ring (bicyclic) bond motifs is 3. The third-order valence-corrected chi connectivity index (χ3v) is 4.85. The predicted octanol–water partition coefficient (Wildman–Crippen LogP) is 6.26. The molecule has 4 aromatic rings. The summed E-state index contributed by atoms with van der Waals surface area (Å²) in [4.78, 5) is 5.71. The molecule has 0 fully saturated rings. The molecule has 0 saturated heterocycles. The van der Waals surface area contributed by atoms with Gasteiger partial charge in [-0.25, -0.2) is 0 Å².